The van der Waals surface area contributed by atoms with Crippen molar-refractivity contribution in [2.45, 2.75) is 0 Å². The number of aromatic nitrogens is 1. The van der Waals surface area contributed by atoms with Crippen molar-refractivity contribution >= 4 is 23.1 Å². The first-order valence-corrected chi connectivity index (χ1v) is 5.29. The van der Waals surface area contributed by atoms with E-state index in [1.807, 2.05) is 0 Å². The molecule has 0 radical (unpaired) electrons. The van der Waals surface area contributed by atoms with E-state index in [0.717, 1.165) is 0 Å². The van der Waals surface area contributed by atoms with Crippen LogP contribution >= 0.6 is 11.6 Å². The van der Waals surface area contributed by atoms with Crippen molar-refractivity contribution in [3.63, 3.8) is 0 Å². The number of nitrogens with one attached hydrogen (secondary N) is 1. The van der Waals surface area contributed by atoms with Gasteiger partial charge in [-0.3, -0.25) is 0 Å². The van der Waals surface area contributed by atoms with Gasteiger partial charge in [-0.15, -0.1) is 0 Å². The molecule has 0 unspecified atom stereocenters. The maximum Gasteiger partial charge on any atom is 0.167 e. The summed E-state index contributed by atoms with van der Waals surface area (Å²) in [5.41, 5.74) is 0.595. The zero-order valence-electron chi connectivity index (χ0n) is 9.08. The molecule has 88 valence electrons. The summed E-state index contributed by atoms with van der Waals surface area (Å²) in [6.45, 7) is 0. The van der Waals surface area contributed by atoms with E-state index in [0.29, 0.717) is 16.5 Å². The number of hydrogen-bond acceptors (Lipinski definition) is 3. The zero-order valence-corrected chi connectivity index (χ0v) is 9.83. The number of methoxy groups -OCH3 is 1. The minimum absolute atomic E-state index is 0.208. The fourth-order valence-corrected chi connectivity index (χ4v) is 1.45. The van der Waals surface area contributed by atoms with Gasteiger partial charge in [0.15, 0.2) is 11.6 Å². The molecule has 1 N–H and O–H groups in total. The number of pyridine rings is 1. The van der Waals surface area contributed by atoms with Gasteiger partial charge in [0.05, 0.1) is 12.1 Å². The van der Waals surface area contributed by atoms with Crippen molar-refractivity contribution in [3.8, 4) is 5.75 Å². The molecule has 1 aromatic heterocycles. The standard InChI is InChI=1S/C12H10ClFN2O/c1-17-11-4-3-9(6-10(11)14)16-12-5-2-8(13)7-15-12/h2-7H,1H3,(H,15,16). The third kappa shape index (κ3) is 2.85. The summed E-state index contributed by atoms with van der Waals surface area (Å²) in [7, 11) is 1.42. The second kappa shape index (κ2) is 5.01. The van der Waals surface area contributed by atoms with Crippen LogP contribution in [-0.2, 0) is 0 Å². The number of nitrogens with zero attached hydrogens (tertiary/aromatic N) is 1. The Hall–Kier alpha value is -1.81. The van der Waals surface area contributed by atoms with Gasteiger partial charge in [0.1, 0.15) is 5.82 Å². The Morgan fingerprint density at radius 1 is 1.29 bits per heavy atom. The predicted octanol–water partition coefficient (Wildman–Crippen LogP) is 3.63. The Kier molecular flexibility index (Phi) is 3.44. The highest BCUT2D eigenvalue weighted by Crippen LogP contribution is 2.23. The highest BCUT2D eigenvalue weighted by atomic mass is 35.5. The lowest BCUT2D eigenvalue weighted by Gasteiger charge is -2.07. The maximum atomic E-state index is 13.4. The molecule has 0 saturated carbocycles. The summed E-state index contributed by atoms with van der Waals surface area (Å²) >= 11 is 5.71. The molecule has 5 heteroatoms. The van der Waals surface area contributed by atoms with Crippen LogP contribution in [0.15, 0.2) is 36.5 Å². The largest absolute Gasteiger partial charge is 0.494 e. The first kappa shape index (κ1) is 11.7. The molecule has 0 aliphatic carbocycles. The number of anilines is 2. The molecule has 1 aromatic carbocycles. The van der Waals surface area contributed by atoms with Gasteiger partial charge >= 0.3 is 0 Å². The molecule has 1 heterocycles. The fourth-order valence-electron chi connectivity index (χ4n) is 1.34. The van der Waals surface area contributed by atoms with E-state index in [9.17, 15) is 4.39 Å². The number of benzene rings is 1. The van der Waals surface area contributed by atoms with Crippen LogP contribution in [0.25, 0.3) is 0 Å². The van der Waals surface area contributed by atoms with Crippen molar-refractivity contribution in [2.75, 3.05) is 12.4 Å². The second-order valence-corrected chi connectivity index (χ2v) is 3.77. The third-order valence-corrected chi connectivity index (χ3v) is 2.38. The average molecular weight is 253 g/mol. The molecule has 0 aliphatic rings. The quantitative estimate of drug-likeness (QED) is 0.906. The van der Waals surface area contributed by atoms with Gasteiger partial charge in [0.25, 0.3) is 0 Å². The Balaban J connectivity index is 2.19. The summed E-state index contributed by atoms with van der Waals surface area (Å²) in [6, 6.07) is 8.02. The lowest BCUT2D eigenvalue weighted by molar-refractivity contribution is 0.386. The summed E-state index contributed by atoms with van der Waals surface area (Å²) in [4.78, 5) is 4.05. The Labute approximate surface area is 103 Å². The SMILES string of the molecule is COc1ccc(Nc2ccc(Cl)cn2)cc1F. The number of rotatable bonds is 3. The number of ether oxygens (including phenoxy) is 1. The van der Waals surface area contributed by atoms with Crippen molar-refractivity contribution in [1.82, 2.24) is 4.98 Å². The van der Waals surface area contributed by atoms with Crippen LogP contribution in [0.1, 0.15) is 0 Å². The molecule has 0 bridgehead atoms. The lowest BCUT2D eigenvalue weighted by atomic mass is 10.3. The van der Waals surface area contributed by atoms with E-state index in [1.165, 1.54) is 19.4 Å². The van der Waals surface area contributed by atoms with Crippen molar-refractivity contribution in [1.29, 1.82) is 0 Å². The van der Waals surface area contributed by atoms with E-state index < -0.39 is 5.82 Å². The molecule has 2 aromatic rings. The summed E-state index contributed by atoms with van der Waals surface area (Å²) in [6.07, 6.45) is 1.52. The topological polar surface area (TPSA) is 34.1 Å². The van der Waals surface area contributed by atoms with Crippen LogP contribution < -0.4 is 10.1 Å². The van der Waals surface area contributed by atoms with Gasteiger partial charge < -0.3 is 10.1 Å². The Bertz CT molecular complexity index is 516. The smallest absolute Gasteiger partial charge is 0.167 e. The summed E-state index contributed by atoms with van der Waals surface area (Å²) in [5.74, 6) is 0.380. The minimum Gasteiger partial charge on any atom is -0.494 e. The summed E-state index contributed by atoms with van der Waals surface area (Å²) < 4.78 is 18.2. The highest BCUT2D eigenvalue weighted by molar-refractivity contribution is 6.30. The molecular weight excluding hydrogens is 243 g/mol. The van der Waals surface area contributed by atoms with Crippen LogP contribution in [0.2, 0.25) is 5.02 Å². The van der Waals surface area contributed by atoms with Gasteiger partial charge in [-0.25, -0.2) is 9.37 Å². The number of hydrogen-bond donors (Lipinski definition) is 1. The predicted molar refractivity (Wildman–Crippen MR) is 65.5 cm³/mol. The van der Waals surface area contributed by atoms with Crippen LogP contribution in [0.3, 0.4) is 0 Å². The van der Waals surface area contributed by atoms with Crippen LogP contribution in [-0.4, -0.2) is 12.1 Å². The maximum absolute atomic E-state index is 13.4. The van der Waals surface area contributed by atoms with Crippen LogP contribution in [0.5, 0.6) is 5.75 Å². The van der Waals surface area contributed by atoms with Gasteiger partial charge in [-0.1, -0.05) is 11.6 Å². The molecule has 0 amide bonds. The molecule has 0 atom stereocenters. The molecule has 0 aliphatic heterocycles. The molecule has 2 rings (SSSR count). The van der Waals surface area contributed by atoms with Gasteiger partial charge in [0, 0.05) is 18.0 Å². The lowest BCUT2D eigenvalue weighted by Crippen LogP contribution is -1.95. The minimum atomic E-state index is -0.425. The zero-order chi connectivity index (χ0) is 12.3. The molecule has 17 heavy (non-hydrogen) atoms. The van der Waals surface area contributed by atoms with Gasteiger partial charge in [-0.05, 0) is 24.3 Å². The monoisotopic (exact) mass is 252 g/mol. The van der Waals surface area contributed by atoms with Gasteiger partial charge in [-0.2, -0.15) is 0 Å². The van der Waals surface area contributed by atoms with Crippen molar-refractivity contribution in [2.24, 2.45) is 0 Å². The Morgan fingerprint density at radius 2 is 2.12 bits per heavy atom. The van der Waals surface area contributed by atoms with Crippen molar-refractivity contribution in [3.05, 3.63) is 47.4 Å². The van der Waals surface area contributed by atoms with Crippen molar-refractivity contribution < 1.29 is 9.13 Å². The molecular formula is C12H10ClFN2O. The first-order valence-electron chi connectivity index (χ1n) is 4.91. The van der Waals surface area contributed by atoms with E-state index >= 15 is 0 Å². The second-order valence-electron chi connectivity index (χ2n) is 3.34. The van der Waals surface area contributed by atoms with E-state index in [1.54, 1.807) is 24.3 Å². The van der Waals surface area contributed by atoms with Crippen LogP contribution in [0.4, 0.5) is 15.9 Å². The molecule has 0 spiro atoms. The molecule has 0 fully saturated rings. The summed E-state index contributed by atoms with van der Waals surface area (Å²) in [5, 5.41) is 3.51. The third-order valence-electron chi connectivity index (χ3n) is 2.15. The van der Waals surface area contributed by atoms with Gasteiger partial charge in [0.2, 0.25) is 0 Å². The normalized spacial score (nSPS) is 10.1. The first-order chi connectivity index (χ1) is 8.19. The van der Waals surface area contributed by atoms with E-state index in [4.69, 9.17) is 16.3 Å². The van der Waals surface area contributed by atoms with Crippen LogP contribution in [0, 0.1) is 5.82 Å². The Morgan fingerprint density at radius 3 is 2.71 bits per heavy atom. The fraction of sp³-hybridized carbons (Fsp3) is 0.0833. The van der Waals surface area contributed by atoms with E-state index in [-0.39, 0.29) is 5.75 Å². The molecule has 0 saturated heterocycles. The van der Waals surface area contributed by atoms with E-state index in [2.05, 4.69) is 10.3 Å². The average Bonchev–Trinajstić information content (AvgIpc) is 2.32. The number of halogens is 2. The highest BCUT2D eigenvalue weighted by Gasteiger charge is 2.03. The molecule has 3 nitrogen and oxygen atoms in total.